The van der Waals surface area contributed by atoms with Crippen molar-refractivity contribution in [1.82, 2.24) is 0 Å². The van der Waals surface area contributed by atoms with Gasteiger partial charge in [-0.25, -0.2) is 4.57 Å². The minimum atomic E-state index is -4.70. The van der Waals surface area contributed by atoms with Gasteiger partial charge in [0.25, 0.3) is 0 Å². The number of carbonyl (C=O) groups is 3. The molecule has 0 amide bonds. The Balaban J connectivity index is 4.47. The molecule has 1 unspecified atom stereocenters. The predicted molar refractivity (Wildman–Crippen MR) is 185 cm³/mol. The van der Waals surface area contributed by atoms with E-state index in [1.54, 1.807) is 0 Å². The van der Waals surface area contributed by atoms with Gasteiger partial charge in [-0.15, -0.1) is 0 Å². The van der Waals surface area contributed by atoms with Gasteiger partial charge < -0.3 is 25.2 Å². The van der Waals surface area contributed by atoms with E-state index in [1.807, 2.05) is 0 Å². The fourth-order valence-corrected chi connectivity index (χ4v) is 5.59. The van der Waals surface area contributed by atoms with Crippen molar-refractivity contribution in [1.29, 1.82) is 0 Å². The van der Waals surface area contributed by atoms with Gasteiger partial charge in [-0.1, -0.05) is 129 Å². The summed E-state index contributed by atoms with van der Waals surface area (Å²) in [5.41, 5.74) is 5.30. The third-order valence-electron chi connectivity index (χ3n) is 7.76. The maximum absolute atomic E-state index is 12.5. The first-order valence-corrected chi connectivity index (χ1v) is 19.7. The van der Waals surface area contributed by atoms with E-state index >= 15 is 0 Å². The second-order valence-corrected chi connectivity index (χ2v) is 13.8. The Labute approximate surface area is 284 Å². The monoisotopic (exact) mass is 691 g/mol. The Hall–Kier alpha value is -1.78. The number of ether oxygens (including phenoxy) is 2. The molecule has 0 saturated heterocycles. The highest BCUT2D eigenvalue weighted by Crippen LogP contribution is 2.43. The van der Waals surface area contributed by atoms with E-state index in [-0.39, 0.29) is 19.4 Å². The molecule has 47 heavy (non-hydrogen) atoms. The first-order valence-electron chi connectivity index (χ1n) is 18.2. The van der Waals surface area contributed by atoms with Crippen LogP contribution in [0.2, 0.25) is 0 Å². The summed E-state index contributed by atoms with van der Waals surface area (Å²) in [6.45, 7) is 2.73. The fraction of sp³-hybridized carbons (Fsp3) is 0.857. The van der Waals surface area contributed by atoms with Crippen LogP contribution < -0.4 is 5.73 Å². The lowest BCUT2D eigenvalue weighted by Crippen LogP contribution is -2.34. The van der Waals surface area contributed by atoms with Crippen molar-refractivity contribution in [3.63, 3.8) is 0 Å². The maximum atomic E-state index is 12.5. The second kappa shape index (κ2) is 31.5. The molecule has 11 nitrogen and oxygen atoms in total. The average Bonchev–Trinajstić information content (AvgIpc) is 3.04. The van der Waals surface area contributed by atoms with Crippen molar-refractivity contribution in [2.75, 3.05) is 19.8 Å². The van der Waals surface area contributed by atoms with Gasteiger partial charge in [-0.05, 0) is 32.1 Å². The highest BCUT2D eigenvalue weighted by Gasteiger charge is 2.28. The van der Waals surface area contributed by atoms with E-state index in [0.29, 0.717) is 12.8 Å². The van der Waals surface area contributed by atoms with E-state index in [2.05, 4.69) is 30.5 Å². The molecule has 3 atom stereocenters. The molecule has 12 heteroatoms. The van der Waals surface area contributed by atoms with Gasteiger partial charge in [-0.2, -0.15) is 0 Å². The molecule has 0 rings (SSSR count). The van der Waals surface area contributed by atoms with Gasteiger partial charge >= 0.3 is 25.7 Å². The molecule has 0 bridgehead atoms. The zero-order valence-corrected chi connectivity index (χ0v) is 30.3. The van der Waals surface area contributed by atoms with Crippen LogP contribution in [0.15, 0.2) is 12.2 Å². The topological polar surface area (TPSA) is 172 Å². The number of allylic oxidation sites excluding steroid dienone is 2. The summed E-state index contributed by atoms with van der Waals surface area (Å²) >= 11 is 0. The van der Waals surface area contributed by atoms with Crippen LogP contribution in [-0.2, 0) is 37.5 Å². The Bertz CT molecular complexity index is 869. The molecular weight excluding hydrogens is 625 g/mol. The first kappa shape index (κ1) is 45.2. The Morgan fingerprint density at radius 2 is 1.09 bits per heavy atom. The molecule has 0 radical (unpaired) electrons. The lowest BCUT2D eigenvalue weighted by Gasteiger charge is -2.20. The van der Waals surface area contributed by atoms with Gasteiger partial charge in [0.1, 0.15) is 12.6 Å². The SMILES string of the molecule is CCCC/C=C\CCCCCCCC(=O)O[C@H](COC(=O)CCCCCCCCCCCCCC)COP(=O)(O)OC[C@H](N)C(=O)O. The number of carboxylic acid groups (broad SMARTS) is 1. The summed E-state index contributed by atoms with van der Waals surface area (Å²) in [4.78, 5) is 45.6. The van der Waals surface area contributed by atoms with Gasteiger partial charge in [0, 0.05) is 12.8 Å². The van der Waals surface area contributed by atoms with E-state index in [1.165, 1.54) is 64.2 Å². The van der Waals surface area contributed by atoms with E-state index in [4.69, 9.17) is 24.8 Å². The first-order chi connectivity index (χ1) is 22.6. The lowest BCUT2D eigenvalue weighted by molar-refractivity contribution is -0.161. The summed E-state index contributed by atoms with van der Waals surface area (Å²) in [5.74, 6) is -2.39. The third kappa shape index (κ3) is 31.3. The minimum Gasteiger partial charge on any atom is -0.480 e. The molecule has 4 N–H and O–H groups in total. The number of phosphoric acid groups is 1. The number of rotatable bonds is 34. The van der Waals surface area contributed by atoms with Gasteiger partial charge in [0.2, 0.25) is 0 Å². The van der Waals surface area contributed by atoms with Crippen LogP contribution in [0, 0.1) is 0 Å². The second-order valence-electron chi connectivity index (χ2n) is 12.4. The number of hydrogen-bond donors (Lipinski definition) is 3. The van der Waals surface area contributed by atoms with Crippen molar-refractivity contribution in [2.45, 2.75) is 174 Å². The molecule has 0 aromatic carbocycles. The number of phosphoric ester groups is 1. The molecule has 0 fully saturated rings. The summed E-state index contributed by atoms with van der Waals surface area (Å²) in [7, 11) is -4.70. The lowest BCUT2D eigenvalue weighted by atomic mass is 10.0. The van der Waals surface area contributed by atoms with E-state index < -0.39 is 51.1 Å². The predicted octanol–water partition coefficient (Wildman–Crippen LogP) is 8.56. The van der Waals surface area contributed by atoms with Crippen LogP contribution in [0.3, 0.4) is 0 Å². The van der Waals surface area contributed by atoms with Crippen molar-refractivity contribution in [3.05, 3.63) is 12.2 Å². The largest absolute Gasteiger partial charge is 0.480 e. The van der Waals surface area contributed by atoms with Crippen molar-refractivity contribution < 1.29 is 47.5 Å². The normalized spacial score (nSPS) is 14.1. The number of hydrogen-bond acceptors (Lipinski definition) is 9. The van der Waals surface area contributed by atoms with Crippen LogP contribution in [0.5, 0.6) is 0 Å². The number of carboxylic acids is 1. The summed E-state index contributed by atoms with van der Waals surface area (Å²) in [6, 6.07) is -1.52. The van der Waals surface area contributed by atoms with Crippen molar-refractivity contribution in [2.24, 2.45) is 5.73 Å². The highest BCUT2D eigenvalue weighted by atomic mass is 31.2. The van der Waals surface area contributed by atoms with E-state index in [9.17, 15) is 23.8 Å². The highest BCUT2D eigenvalue weighted by molar-refractivity contribution is 7.47. The van der Waals surface area contributed by atoms with Crippen LogP contribution >= 0.6 is 7.82 Å². The Kier molecular flexibility index (Phi) is 30.3. The number of carbonyl (C=O) groups excluding carboxylic acids is 2. The fourth-order valence-electron chi connectivity index (χ4n) is 4.81. The Morgan fingerprint density at radius 3 is 1.62 bits per heavy atom. The molecule has 0 aliphatic heterocycles. The van der Waals surface area contributed by atoms with Gasteiger partial charge in [0.05, 0.1) is 13.2 Å². The Morgan fingerprint density at radius 1 is 0.638 bits per heavy atom. The molecule has 0 saturated carbocycles. The molecule has 0 heterocycles. The van der Waals surface area contributed by atoms with Crippen molar-refractivity contribution in [3.8, 4) is 0 Å². The number of esters is 2. The molecule has 276 valence electrons. The number of nitrogens with two attached hydrogens (primary N) is 1. The summed E-state index contributed by atoms with van der Waals surface area (Å²) < 4.78 is 32.5. The molecule has 0 aliphatic rings. The van der Waals surface area contributed by atoms with Crippen LogP contribution in [0.4, 0.5) is 0 Å². The zero-order valence-electron chi connectivity index (χ0n) is 29.4. The quantitative estimate of drug-likeness (QED) is 0.0255. The summed E-state index contributed by atoms with van der Waals surface area (Å²) in [6.07, 6.45) is 27.2. The third-order valence-corrected chi connectivity index (χ3v) is 8.71. The molecule has 0 aliphatic carbocycles. The summed E-state index contributed by atoms with van der Waals surface area (Å²) in [5, 5.41) is 8.84. The average molecular weight is 692 g/mol. The number of aliphatic carboxylic acids is 1. The molecule has 0 spiro atoms. The van der Waals surface area contributed by atoms with Crippen molar-refractivity contribution >= 4 is 25.7 Å². The smallest absolute Gasteiger partial charge is 0.472 e. The van der Waals surface area contributed by atoms with Gasteiger partial charge in [-0.3, -0.25) is 23.4 Å². The number of unbranched alkanes of at least 4 members (excludes halogenated alkanes) is 18. The zero-order chi connectivity index (χ0) is 35.0. The molecule has 0 aromatic rings. The molecular formula is C35H66NO10P. The minimum absolute atomic E-state index is 0.154. The van der Waals surface area contributed by atoms with E-state index in [0.717, 1.165) is 57.8 Å². The van der Waals surface area contributed by atoms with Gasteiger partial charge in [0.15, 0.2) is 6.10 Å². The van der Waals surface area contributed by atoms with Crippen LogP contribution in [0.1, 0.15) is 162 Å². The molecule has 0 aromatic heterocycles. The van der Waals surface area contributed by atoms with Crippen LogP contribution in [0.25, 0.3) is 0 Å². The standard InChI is InChI=1S/C35H66NO10P/c1-3-5-7-9-11-13-15-17-18-20-22-24-26-33(37)43-28-31(29-44-47(41,42)45-30-32(36)35(39)40)46-34(38)27-25-23-21-19-16-14-12-10-8-6-4-2/h10,12,31-32H,3-9,11,13-30,36H2,1-2H3,(H,39,40)(H,41,42)/b12-10-/t31-,32+/m1/s1. The maximum Gasteiger partial charge on any atom is 0.472 e. The van der Waals surface area contributed by atoms with Crippen LogP contribution in [-0.4, -0.2) is 59.9 Å².